The number of primary amides is 1. The Hall–Kier alpha value is -2.03. The number of hydrogen-bond acceptors (Lipinski definition) is 3. The van der Waals surface area contributed by atoms with Crippen molar-refractivity contribution in [1.82, 2.24) is 5.32 Å². The van der Waals surface area contributed by atoms with Gasteiger partial charge in [0.05, 0.1) is 6.42 Å². The number of carbonyl (C=O) groups is 3. The second-order valence-corrected chi connectivity index (χ2v) is 3.54. The molecular formula is C11H16N2O4. The lowest BCUT2D eigenvalue weighted by molar-refractivity contribution is -0.143. The van der Waals surface area contributed by atoms with Gasteiger partial charge in [-0.1, -0.05) is 0 Å². The summed E-state index contributed by atoms with van der Waals surface area (Å²) in [6, 6.07) is -1.26. The van der Waals surface area contributed by atoms with Crippen molar-refractivity contribution < 1.29 is 19.5 Å². The summed E-state index contributed by atoms with van der Waals surface area (Å²) in [5.41, 5.74) is 4.87. The van der Waals surface area contributed by atoms with E-state index < -0.39 is 30.2 Å². The van der Waals surface area contributed by atoms with Crippen molar-refractivity contribution in [2.24, 2.45) is 5.73 Å². The summed E-state index contributed by atoms with van der Waals surface area (Å²) in [7, 11) is 0. The fraction of sp³-hybridized carbons (Fsp3) is 0.545. The Morgan fingerprint density at radius 1 is 1.35 bits per heavy atom. The second kappa shape index (κ2) is 8.16. The average molecular weight is 240 g/mol. The highest BCUT2D eigenvalue weighted by Gasteiger charge is 2.21. The normalized spacial score (nSPS) is 11.2. The molecule has 2 amide bonds. The molecule has 0 bridgehead atoms. The van der Waals surface area contributed by atoms with Gasteiger partial charge < -0.3 is 16.2 Å². The van der Waals surface area contributed by atoms with Crippen molar-refractivity contribution in [1.29, 1.82) is 0 Å². The van der Waals surface area contributed by atoms with Gasteiger partial charge in [0.1, 0.15) is 6.04 Å². The first kappa shape index (κ1) is 15.0. The minimum atomic E-state index is -1.28. The van der Waals surface area contributed by atoms with E-state index in [1.165, 1.54) is 0 Å². The number of carboxylic acids is 1. The summed E-state index contributed by atoms with van der Waals surface area (Å²) in [6.07, 6.45) is 6.68. The van der Waals surface area contributed by atoms with Crippen LogP contribution in [0.2, 0.25) is 0 Å². The van der Waals surface area contributed by atoms with Crippen molar-refractivity contribution in [2.45, 2.75) is 38.1 Å². The zero-order valence-electron chi connectivity index (χ0n) is 9.44. The Labute approximate surface area is 99.6 Å². The highest BCUT2D eigenvalue weighted by atomic mass is 16.4. The van der Waals surface area contributed by atoms with Crippen LogP contribution in [0.1, 0.15) is 32.1 Å². The Bertz CT molecular complexity index is 333. The number of hydrogen-bond donors (Lipinski definition) is 3. The first-order chi connectivity index (χ1) is 7.97. The molecule has 94 valence electrons. The predicted molar refractivity (Wildman–Crippen MR) is 60.7 cm³/mol. The highest BCUT2D eigenvalue weighted by molar-refractivity contribution is 5.88. The Morgan fingerprint density at radius 3 is 2.47 bits per heavy atom. The molecule has 6 heteroatoms. The third kappa shape index (κ3) is 7.85. The lowest BCUT2D eigenvalue weighted by atomic mass is 10.1. The number of carboxylic acid groups (broad SMARTS) is 1. The van der Waals surface area contributed by atoms with E-state index in [4.69, 9.17) is 17.3 Å². The third-order valence-electron chi connectivity index (χ3n) is 2.01. The van der Waals surface area contributed by atoms with Gasteiger partial charge in [-0.2, -0.15) is 0 Å². The first-order valence-electron chi connectivity index (χ1n) is 5.21. The minimum absolute atomic E-state index is 0.185. The molecule has 0 radical (unpaired) electrons. The Balaban J connectivity index is 4.01. The fourth-order valence-electron chi connectivity index (χ4n) is 1.18. The molecule has 0 spiro atoms. The van der Waals surface area contributed by atoms with Crippen LogP contribution in [0.4, 0.5) is 0 Å². The molecule has 17 heavy (non-hydrogen) atoms. The number of aliphatic carboxylic acids is 1. The van der Waals surface area contributed by atoms with Crippen LogP contribution in [0.5, 0.6) is 0 Å². The number of unbranched alkanes of at least 4 members (excludes halogenated alkanes) is 2. The molecule has 0 aromatic heterocycles. The van der Waals surface area contributed by atoms with Crippen LogP contribution >= 0.6 is 0 Å². The maximum atomic E-state index is 11.3. The zero-order valence-corrected chi connectivity index (χ0v) is 9.44. The summed E-state index contributed by atoms with van der Waals surface area (Å²) >= 11 is 0. The van der Waals surface area contributed by atoms with Crippen LogP contribution in [-0.4, -0.2) is 28.9 Å². The van der Waals surface area contributed by atoms with Crippen molar-refractivity contribution in [2.75, 3.05) is 0 Å². The molecule has 4 N–H and O–H groups in total. The maximum absolute atomic E-state index is 11.3. The van der Waals surface area contributed by atoms with E-state index in [2.05, 4.69) is 11.2 Å². The smallest absolute Gasteiger partial charge is 0.326 e. The number of nitrogens with one attached hydrogen (secondary N) is 1. The van der Waals surface area contributed by atoms with Crippen LogP contribution < -0.4 is 11.1 Å². The zero-order chi connectivity index (χ0) is 13.3. The quantitative estimate of drug-likeness (QED) is 0.397. The van der Waals surface area contributed by atoms with Gasteiger partial charge in [0.15, 0.2) is 0 Å². The number of terminal acetylenes is 1. The molecule has 1 atom stereocenters. The molecule has 0 saturated carbocycles. The SMILES string of the molecule is C#CCCCCC(=O)NC(CC(N)=O)C(=O)O. The van der Waals surface area contributed by atoms with Gasteiger partial charge in [-0.25, -0.2) is 4.79 Å². The lowest BCUT2D eigenvalue weighted by Crippen LogP contribution is -2.43. The van der Waals surface area contributed by atoms with E-state index in [-0.39, 0.29) is 6.42 Å². The standard InChI is InChI=1S/C11H16N2O4/c1-2-3-4-5-6-10(15)13-8(11(16)17)7-9(12)14/h1,8H,3-7H2,(H2,12,14)(H,13,15)(H,16,17). The van der Waals surface area contributed by atoms with E-state index in [1.807, 2.05) is 0 Å². The molecule has 0 rings (SSSR count). The lowest BCUT2D eigenvalue weighted by Gasteiger charge is -2.12. The molecule has 0 heterocycles. The molecule has 0 saturated heterocycles. The fourth-order valence-corrected chi connectivity index (χ4v) is 1.18. The molecular weight excluding hydrogens is 224 g/mol. The van der Waals surface area contributed by atoms with Gasteiger partial charge >= 0.3 is 5.97 Å². The van der Waals surface area contributed by atoms with Gasteiger partial charge in [0.2, 0.25) is 11.8 Å². The molecule has 0 fully saturated rings. The second-order valence-electron chi connectivity index (χ2n) is 3.54. The maximum Gasteiger partial charge on any atom is 0.326 e. The van der Waals surface area contributed by atoms with E-state index >= 15 is 0 Å². The molecule has 0 aromatic carbocycles. The van der Waals surface area contributed by atoms with Crippen LogP contribution in [0, 0.1) is 12.3 Å². The largest absolute Gasteiger partial charge is 0.480 e. The molecule has 0 aliphatic carbocycles. The van der Waals surface area contributed by atoms with Gasteiger partial charge in [0, 0.05) is 12.8 Å². The molecule has 1 unspecified atom stereocenters. The van der Waals surface area contributed by atoms with Crippen LogP contribution in [0.15, 0.2) is 0 Å². The van der Waals surface area contributed by atoms with Gasteiger partial charge in [-0.3, -0.25) is 9.59 Å². The third-order valence-corrected chi connectivity index (χ3v) is 2.01. The minimum Gasteiger partial charge on any atom is -0.480 e. The molecule has 0 aromatic rings. The van der Waals surface area contributed by atoms with Crippen LogP contribution in [0.25, 0.3) is 0 Å². The van der Waals surface area contributed by atoms with E-state index in [0.29, 0.717) is 19.3 Å². The van der Waals surface area contributed by atoms with Crippen molar-refractivity contribution >= 4 is 17.8 Å². The number of carbonyl (C=O) groups excluding carboxylic acids is 2. The van der Waals surface area contributed by atoms with Crippen molar-refractivity contribution in [3.8, 4) is 12.3 Å². The average Bonchev–Trinajstić information content (AvgIpc) is 2.22. The topological polar surface area (TPSA) is 109 Å². The van der Waals surface area contributed by atoms with E-state index in [1.54, 1.807) is 0 Å². The Kier molecular flexibility index (Phi) is 7.19. The van der Waals surface area contributed by atoms with Gasteiger partial charge in [-0.15, -0.1) is 12.3 Å². The number of nitrogens with two attached hydrogens (primary N) is 1. The van der Waals surface area contributed by atoms with E-state index in [9.17, 15) is 14.4 Å². The van der Waals surface area contributed by atoms with Crippen LogP contribution in [0.3, 0.4) is 0 Å². The van der Waals surface area contributed by atoms with Gasteiger partial charge in [0.25, 0.3) is 0 Å². The summed E-state index contributed by atoms with van der Waals surface area (Å²) in [5, 5.41) is 11.0. The van der Waals surface area contributed by atoms with E-state index in [0.717, 1.165) is 0 Å². The number of rotatable bonds is 8. The first-order valence-corrected chi connectivity index (χ1v) is 5.21. The highest BCUT2D eigenvalue weighted by Crippen LogP contribution is 2.00. The monoisotopic (exact) mass is 240 g/mol. The predicted octanol–water partition coefficient (Wildman–Crippen LogP) is -0.375. The van der Waals surface area contributed by atoms with Gasteiger partial charge in [-0.05, 0) is 12.8 Å². The van der Waals surface area contributed by atoms with Crippen LogP contribution in [-0.2, 0) is 14.4 Å². The summed E-state index contributed by atoms with van der Waals surface area (Å²) < 4.78 is 0. The number of amides is 2. The van der Waals surface area contributed by atoms with Crippen molar-refractivity contribution in [3.63, 3.8) is 0 Å². The van der Waals surface area contributed by atoms with Crippen molar-refractivity contribution in [3.05, 3.63) is 0 Å². The summed E-state index contributed by atoms with van der Waals surface area (Å²) in [4.78, 5) is 32.6. The molecule has 6 nitrogen and oxygen atoms in total. The Morgan fingerprint density at radius 2 is 2.00 bits per heavy atom. The molecule has 0 aliphatic rings. The molecule has 0 aliphatic heterocycles. The summed E-state index contributed by atoms with van der Waals surface area (Å²) in [5.74, 6) is -0.0313. The summed E-state index contributed by atoms with van der Waals surface area (Å²) in [6.45, 7) is 0.